The van der Waals surface area contributed by atoms with Gasteiger partial charge in [-0.05, 0) is 43.3 Å². The third-order valence-corrected chi connectivity index (χ3v) is 4.64. The number of hydrogen-bond acceptors (Lipinski definition) is 5. The quantitative estimate of drug-likeness (QED) is 0.583. The van der Waals surface area contributed by atoms with E-state index in [2.05, 4.69) is 10.3 Å². The van der Waals surface area contributed by atoms with Crippen LogP contribution in [0.5, 0.6) is 5.75 Å². The van der Waals surface area contributed by atoms with Gasteiger partial charge in [0.1, 0.15) is 11.3 Å². The van der Waals surface area contributed by atoms with Gasteiger partial charge in [0, 0.05) is 29.3 Å². The number of nitrogens with one attached hydrogen (secondary N) is 2. The maximum Gasteiger partial charge on any atom is 0.257 e. The van der Waals surface area contributed by atoms with Crippen LogP contribution in [-0.2, 0) is 4.79 Å². The van der Waals surface area contributed by atoms with Gasteiger partial charge in [-0.3, -0.25) is 14.4 Å². The molecule has 0 aliphatic rings. The summed E-state index contributed by atoms with van der Waals surface area (Å²) in [6.45, 7) is 2.26. The number of carbonyl (C=O) groups excluding carboxylic acids is 2. The number of amides is 2. The SMILES string of the molecule is CCOc1ccc(N(CCC#N)C(=O)CNC(=O)c2c[nH]c3ccccc3c2=O)cc1. The number of aromatic nitrogens is 1. The maximum absolute atomic E-state index is 12.8. The summed E-state index contributed by atoms with van der Waals surface area (Å²) in [6.07, 6.45) is 1.47. The summed E-state index contributed by atoms with van der Waals surface area (Å²) in [5.41, 5.74) is 0.725. The van der Waals surface area contributed by atoms with Crippen molar-refractivity contribution >= 4 is 28.4 Å². The van der Waals surface area contributed by atoms with Gasteiger partial charge in [-0.25, -0.2) is 0 Å². The lowest BCUT2D eigenvalue weighted by Gasteiger charge is -2.22. The molecule has 3 rings (SSSR count). The van der Waals surface area contributed by atoms with E-state index in [-0.39, 0.29) is 25.1 Å². The molecule has 1 aromatic heterocycles. The summed E-state index contributed by atoms with van der Waals surface area (Å²) in [4.78, 5) is 42.2. The highest BCUT2D eigenvalue weighted by molar-refractivity contribution is 6.01. The summed E-state index contributed by atoms with van der Waals surface area (Å²) < 4.78 is 5.41. The number of H-pyrrole nitrogens is 1. The standard InChI is InChI=1S/C23H22N4O4/c1-2-31-17-10-8-16(9-11-17)27(13-5-12-24)21(28)15-26-23(30)19-14-25-20-7-4-3-6-18(20)22(19)29/h3-4,6-11,14H,2,5,13,15H2,1H3,(H,25,29)(H,26,30). The summed E-state index contributed by atoms with van der Waals surface area (Å²) in [7, 11) is 0. The summed E-state index contributed by atoms with van der Waals surface area (Å²) in [5.74, 6) is -0.375. The third-order valence-electron chi connectivity index (χ3n) is 4.64. The van der Waals surface area contributed by atoms with Gasteiger partial charge < -0.3 is 19.9 Å². The largest absolute Gasteiger partial charge is 0.494 e. The molecule has 0 aliphatic carbocycles. The van der Waals surface area contributed by atoms with Crippen molar-refractivity contribution in [2.75, 3.05) is 24.6 Å². The lowest BCUT2D eigenvalue weighted by atomic mass is 10.1. The molecule has 0 saturated carbocycles. The smallest absolute Gasteiger partial charge is 0.257 e. The molecule has 0 aliphatic heterocycles. The molecule has 2 amide bonds. The van der Waals surface area contributed by atoms with E-state index in [1.807, 2.05) is 13.0 Å². The summed E-state index contributed by atoms with van der Waals surface area (Å²) >= 11 is 0. The second kappa shape index (κ2) is 10.1. The first-order chi connectivity index (χ1) is 15.0. The molecule has 0 saturated heterocycles. The van der Waals surface area contributed by atoms with E-state index in [1.165, 1.54) is 11.1 Å². The molecule has 2 N–H and O–H groups in total. The van der Waals surface area contributed by atoms with Crippen molar-refractivity contribution in [1.29, 1.82) is 5.26 Å². The Bertz CT molecular complexity index is 1180. The Morgan fingerprint density at radius 2 is 1.90 bits per heavy atom. The van der Waals surface area contributed by atoms with Crippen molar-refractivity contribution in [2.45, 2.75) is 13.3 Å². The Kier molecular flexibility index (Phi) is 7.01. The number of benzene rings is 2. The van der Waals surface area contributed by atoms with Gasteiger partial charge in [-0.15, -0.1) is 0 Å². The second-order valence-corrected chi connectivity index (χ2v) is 6.64. The van der Waals surface area contributed by atoms with Gasteiger partial charge in [0.05, 0.1) is 25.6 Å². The molecule has 8 heteroatoms. The minimum absolute atomic E-state index is 0.0730. The van der Waals surface area contributed by atoms with Crippen LogP contribution >= 0.6 is 0 Å². The van der Waals surface area contributed by atoms with E-state index in [9.17, 15) is 14.4 Å². The molecule has 0 unspecified atom stereocenters. The fraction of sp³-hybridized carbons (Fsp3) is 0.217. The van der Waals surface area contributed by atoms with Gasteiger partial charge in [0.25, 0.3) is 5.91 Å². The highest BCUT2D eigenvalue weighted by Crippen LogP contribution is 2.20. The van der Waals surface area contributed by atoms with Crippen molar-refractivity contribution in [2.24, 2.45) is 0 Å². The van der Waals surface area contributed by atoms with Crippen molar-refractivity contribution in [3.8, 4) is 11.8 Å². The number of nitriles is 1. The molecule has 8 nitrogen and oxygen atoms in total. The predicted octanol–water partition coefficient (Wildman–Crippen LogP) is 2.60. The van der Waals surface area contributed by atoms with Gasteiger partial charge in [0.2, 0.25) is 11.3 Å². The number of pyridine rings is 1. The monoisotopic (exact) mass is 418 g/mol. The normalized spacial score (nSPS) is 10.3. The highest BCUT2D eigenvalue weighted by atomic mass is 16.5. The van der Waals surface area contributed by atoms with Crippen LogP contribution in [-0.4, -0.2) is 36.5 Å². The first-order valence-electron chi connectivity index (χ1n) is 9.84. The van der Waals surface area contributed by atoms with Crippen LogP contribution < -0.4 is 20.4 Å². The number of fused-ring (bicyclic) bond motifs is 1. The zero-order valence-corrected chi connectivity index (χ0v) is 17.1. The molecule has 1 heterocycles. The molecule has 0 radical (unpaired) electrons. The van der Waals surface area contributed by atoms with Gasteiger partial charge >= 0.3 is 0 Å². The zero-order chi connectivity index (χ0) is 22.2. The van der Waals surface area contributed by atoms with Crippen molar-refractivity contribution in [3.63, 3.8) is 0 Å². The van der Waals surface area contributed by atoms with Crippen molar-refractivity contribution in [3.05, 3.63) is 70.5 Å². The molecule has 158 valence electrons. The van der Waals surface area contributed by atoms with Crippen molar-refractivity contribution < 1.29 is 14.3 Å². The summed E-state index contributed by atoms with van der Waals surface area (Å²) in [6, 6.07) is 15.8. The Morgan fingerprint density at radius 1 is 1.16 bits per heavy atom. The third kappa shape index (κ3) is 5.08. The fourth-order valence-electron chi connectivity index (χ4n) is 3.13. The molecule has 31 heavy (non-hydrogen) atoms. The minimum atomic E-state index is -0.646. The Morgan fingerprint density at radius 3 is 2.61 bits per heavy atom. The van der Waals surface area contributed by atoms with Crippen LogP contribution in [0.1, 0.15) is 23.7 Å². The molecule has 0 bridgehead atoms. The molecular weight excluding hydrogens is 396 g/mol. The molecular formula is C23H22N4O4. The van der Waals surface area contributed by atoms with Crippen LogP contribution in [0.4, 0.5) is 5.69 Å². The van der Waals surface area contributed by atoms with E-state index < -0.39 is 17.2 Å². The topological polar surface area (TPSA) is 115 Å². The van der Waals surface area contributed by atoms with Crippen LogP contribution in [0.15, 0.2) is 59.5 Å². The van der Waals surface area contributed by atoms with Gasteiger partial charge in [-0.2, -0.15) is 5.26 Å². The minimum Gasteiger partial charge on any atom is -0.494 e. The number of hydrogen-bond donors (Lipinski definition) is 2. The molecule has 0 spiro atoms. The van der Waals surface area contributed by atoms with Gasteiger partial charge in [-0.1, -0.05) is 12.1 Å². The molecule has 0 atom stereocenters. The molecule has 2 aromatic carbocycles. The first-order valence-corrected chi connectivity index (χ1v) is 9.84. The second-order valence-electron chi connectivity index (χ2n) is 6.64. The highest BCUT2D eigenvalue weighted by Gasteiger charge is 2.18. The number of anilines is 1. The lowest BCUT2D eigenvalue weighted by Crippen LogP contribution is -2.41. The van der Waals surface area contributed by atoms with E-state index in [0.29, 0.717) is 28.9 Å². The summed E-state index contributed by atoms with van der Waals surface area (Å²) in [5, 5.41) is 11.8. The van der Waals surface area contributed by atoms with Crippen LogP contribution in [0.3, 0.4) is 0 Å². The number of rotatable bonds is 8. The lowest BCUT2D eigenvalue weighted by molar-refractivity contribution is -0.117. The fourth-order valence-corrected chi connectivity index (χ4v) is 3.13. The Balaban J connectivity index is 1.73. The average Bonchev–Trinajstić information content (AvgIpc) is 2.79. The zero-order valence-electron chi connectivity index (χ0n) is 17.1. The number of para-hydroxylation sites is 1. The average molecular weight is 418 g/mol. The van der Waals surface area contributed by atoms with Crippen LogP contribution in [0, 0.1) is 11.3 Å². The number of aromatic amines is 1. The Labute approximate surface area is 179 Å². The number of carbonyl (C=O) groups is 2. The maximum atomic E-state index is 12.8. The van der Waals surface area contributed by atoms with Crippen LogP contribution in [0.25, 0.3) is 10.9 Å². The van der Waals surface area contributed by atoms with Crippen LogP contribution in [0.2, 0.25) is 0 Å². The first kappa shape index (κ1) is 21.6. The predicted molar refractivity (Wildman–Crippen MR) is 117 cm³/mol. The Hall–Kier alpha value is -4.12. The molecule has 3 aromatic rings. The van der Waals surface area contributed by atoms with E-state index in [4.69, 9.17) is 10.00 Å². The van der Waals surface area contributed by atoms with E-state index in [0.717, 1.165) is 0 Å². The van der Waals surface area contributed by atoms with Crippen molar-refractivity contribution in [1.82, 2.24) is 10.3 Å². The number of ether oxygens (including phenoxy) is 1. The van der Waals surface area contributed by atoms with Gasteiger partial charge in [0.15, 0.2) is 0 Å². The van der Waals surface area contributed by atoms with E-state index in [1.54, 1.807) is 48.5 Å². The number of nitrogens with zero attached hydrogens (tertiary/aromatic N) is 2. The molecule has 0 fully saturated rings. The van der Waals surface area contributed by atoms with E-state index >= 15 is 0 Å².